The van der Waals surface area contributed by atoms with Crippen LogP contribution in [0.3, 0.4) is 0 Å². The molecule has 1 fully saturated rings. The Balaban J connectivity index is 1.64. The number of rotatable bonds is 5. The van der Waals surface area contributed by atoms with Crippen LogP contribution in [0.15, 0.2) is 54.7 Å². The maximum absolute atomic E-state index is 13.7. The summed E-state index contributed by atoms with van der Waals surface area (Å²) in [5, 5.41) is 6.00. The van der Waals surface area contributed by atoms with E-state index < -0.39 is 11.7 Å². The van der Waals surface area contributed by atoms with E-state index >= 15 is 0 Å². The highest BCUT2D eigenvalue weighted by atomic mass is 19.4. The summed E-state index contributed by atoms with van der Waals surface area (Å²) >= 11 is 0. The first-order valence-electron chi connectivity index (χ1n) is 11.3. The van der Waals surface area contributed by atoms with E-state index in [1.165, 1.54) is 0 Å². The maximum atomic E-state index is 13.7. The Morgan fingerprint density at radius 1 is 0.879 bits per heavy atom. The van der Waals surface area contributed by atoms with Crippen LogP contribution in [-0.2, 0) is 11.6 Å². The summed E-state index contributed by atoms with van der Waals surface area (Å²) < 4.78 is 41.2. The summed E-state index contributed by atoms with van der Waals surface area (Å²) in [6, 6.07) is 15.3. The molecule has 0 atom stereocenters. The summed E-state index contributed by atoms with van der Waals surface area (Å²) in [5.74, 6) is 0.202. The zero-order valence-corrected chi connectivity index (χ0v) is 19.1. The Morgan fingerprint density at radius 2 is 1.55 bits per heavy atom. The number of nitrogens with one attached hydrogen (secondary N) is 2. The van der Waals surface area contributed by atoms with Gasteiger partial charge in [-0.15, -0.1) is 0 Å². The Labute approximate surface area is 192 Å². The van der Waals surface area contributed by atoms with Gasteiger partial charge in [-0.2, -0.15) is 18.2 Å². The van der Waals surface area contributed by atoms with Gasteiger partial charge in [0.15, 0.2) is 0 Å². The van der Waals surface area contributed by atoms with E-state index in [1.807, 2.05) is 48.5 Å². The molecule has 1 aromatic heterocycles. The van der Waals surface area contributed by atoms with Gasteiger partial charge in [-0.05, 0) is 53.5 Å². The molecule has 0 bridgehead atoms. The summed E-state index contributed by atoms with van der Waals surface area (Å²) in [6.07, 6.45) is 0.638. The number of halogens is 3. The number of para-hydroxylation sites is 1. The molecule has 0 spiro atoms. The van der Waals surface area contributed by atoms with Crippen molar-refractivity contribution >= 4 is 23.1 Å². The van der Waals surface area contributed by atoms with Gasteiger partial charge >= 0.3 is 6.18 Å². The Hall–Kier alpha value is -3.09. The van der Waals surface area contributed by atoms with Crippen LogP contribution in [0.5, 0.6) is 0 Å². The monoisotopic (exact) mass is 454 g/mol. The predicted molar refractivity (Wildman–Crippen MR) is 126 cm³/mol. The van der Waals surface area contributed by atoms with Crippen molar-refractivity contribution in [2.75, 3.05) is 10.6 Å². The molecule has 0 unspecified atom stereocenters. The van der Waals surface area contributed by atoms with Gasteiger partial charge in [0.1, 0.15) is 11.4 Å². The van der Waals surface area contributed by atoms with E-state index in [0.29, 0.717) is 17.3 Å². The van der Waals surface area contributed by atoms with Crippen LogP contribution in [-0.4, -0.2) is 9.97 Å². The average molecular weight is 455 g/mol. The Morgan fingerprint density at radius 3 is 2.18 bits per heavy atom. The number of alkyl halides is 3. The van der Waals surface area contributed by atoms with Crippen LogP contribution in [0.4, 0.5) is 36.3 Å². The van der Waals surface area contributed by atoms with Crippen molar-refractivity contribution in [1.29, 1.82) is 0 Å². The highest BCUT2D eigenvalue weighted by Gasteiger charge is 2.35. The number of aromatic nitrogens is 2. The van der Waals surface area contributed by atoms with Gasteiger partial charge < -0.3 is 10.6 Å². The molecule has 1 heterocycles. The van der Waals surface area contributed by atoms with E-state index in [2.05, 4.69) is 41.4 Å². The third-order valence-corrected chi connectivity index (χ3v) is 6.11. The highest BCUT2D eigenvalue weighted by Crippen LogP contribution is 2.40. The summed E-state index contributed by atoms with van der Waals surface area (Å²) in [4.78, 5) is 8.15. The van der Waals surface area contributed by atoms with Crippen molar-refractivity contribution in [2.24, 2.45) is 0 Å². The fraction of sp³-hybridized carbons (Fsp3) is 0.385. The molecule has 0 radical (unpaired) electrons. The van der Waals surface area contributed by atoms with E-state index in [4.69, 9.17) is 0 Å². The van der Waals surface area contributed by atoms with Crippen LogP contribution < -0.4 is 10.6 Å². The minimum atomic E-state index is -4.57. The molecule has 2 N–H and O–H groups in total. The molecule has 0 aliphatic heterocycles. The Bertz CT molecular complexity index is 1100. The Kier molecular flexibility index (Phi) is 6.32. The largest absolute Gasteiger partial charge is 0.421 e. The molecule has 174 valence electrons. The highest BCUT2D eigenvalue weighted by molar-refractivity contribution is 5.66. The lowest BCUT2D eigenvalue weighted by molar-refractivity contribution is -0.137. The second kappa shape index (κ2) is 9.04. The molecule has 1 saturated carbocycles. The van der Waals surface area contributed by atoms with Gasteiger partial charge in [0, 0.05) is 17.6 Å². The molecule has 1 aliphatic rings. The number of nitrogens with zero attached hydrogens (tertiary/aromatic N) is 2. The third-order valence-electron chi connectivity index (χ3n) is 6.11. The quantitative estimate of drug-likeness (QED) is 0.411. The van der Waals surface area contributed by atoms with Gasteiger partial charge in [-0.25, -0.2) is 4.98 Å². The van der Waals surface area contributed by atoms with Crippen LogP contribution in [0, 0.1) is 0 Å². The SMILES string of the molecule is CC(C)(C)c1ccc(Nc2ncc(C(F)(F)F)c(Nc3ccccc3C3CCCC3)n2)cc1. The van der Waals surface area contributed by atoms with E-state index in [-0.39, 0.29) is 17.2 Å². The molecular formula is C26H29F3N4. The normalized spacial score (nSPS) is 15.0. The smallest absolute Gasteiger partial charge is 0.339 e. The molecule has 0 saturated heterocycles. The lowest BCUT2D eigenvalue weighted by atomic mass is 9.87. The van der Waals surface area contributed by atoms with E-state index in [9.17, 15) is 13.2 Å². The summed E-state index contributed by atoms with van der Waals surface area (Å²) in [6.45, 7) is 6.36. The van der Waals surface area contributed by atoms with Crippen molar-refractivity contribution in [3.8, 4) is 0 Å². The van der Waals surface area contributed by atoms with Crippen molar-refractivity contribution < 1.29 is 13.2 Å². The fourth-order valence-electron chi connectivity index (χ4n) is 4.26. The zero-order chi connectivity index (χ0) is 23.6. The van der Waals surface area contributed by atoms with E-state index in [0.717, 1.165) is 43.0 Å². The van der Waals surface area contributed by atoms with Crippen molar-refractivity contribution in [3.05, 3.63) is 71.4 Å². The number of anilines is 4. The third kappa shape index (κ3) is 5.46. The average Bonchev–Trinajstić information content (AvgIpc) is 3.28. The van der Waals surface area contributed by atoms with Gasteiger partial charge in [0.05, 0.1) is 0 Å². The number of benzene rings is 2. The van der Waals surface area contributed by atoms with Gasteiger partial charge in [0.25, 0.3) is 0 Å². The molecule has 0 amide bonds. The maximum Gasteiger partial charge on any atom is 0.421 e. The molecule has 33 heavy (non-hydrogen) atoms. The van der Waals surface area contributed by atoms with Crippen LogP contribution in [0.25, 0.3) is 0 Å². The van der Waals surface area contributed by atoms with Crippen LogP contribution >= 0.6 is 0 Å². The van der Waals surface area contributed by atoms with Crippen LogP contribution in [0.1, 0.15) is 69.1 Å². The number of hydrogen-bond donors (Lipinski definition) is 2. The van der Waals surface area contributed by atoms with Crippen molar-refractivity contribution in [2.45, 2.75) is 64.0 Å². The standard InChI is InChI=1S/C26H29F3N4/c1-25(2,3)18-12-14-19(15-13-18)31-24-30-16-21(26(27,28)29)23(33-24)32-22-11-7-6-10-20(22)17-8-4-5-9-17/h6-7,10-17H,4-5,8-9H2,1-3H3,(H2,30,31,32,33). The molecular weight excluding hydrogens is 425 g/mol. The molecule has 1 aliphatic carbocycles. The predicted octanol–water partition coefficient (Wildman–Crippen LogP) is 7.94. The molecule has 2 aromatic carbocycles. The first-order chi connectivity index (χ1) is 15.6. The minimum Gasteiger partial charge on any atom is -0.339 e. The van der Waals surface area contributed by atoms with Crippen LogP contribution in [0.2, 0.25) is 0 Å². The lowest BCUT2D eigenvalue weighted by Gasteiger charge is -2.20. The first-order valence-corrected chi connectivity index (χ1v) is 11.3. The molecule has 7 heteroatoms. The minimum absolute atomic E-state index is 0.00713. The topological polar surface area (TPSA) is 49.8 Å². The zero-order valence-electron chi connectivity index (χ0n) is 19.1. The van der Waals surface area contributed by atoms with Gasteiger partial charge in [0.2, 0.25) is 5.95 Å². The number of hydrogen-bond acceptors (Lipinski definition) is 4. The summed E-state index contributed by atoms with van der Waals surface area (Å²) in [5.41, 5.74) is 2.68. The van der Waals surface area contributed by atoms with Crippen molar-refractivity contribution in [3.63, 3.8) is 0 Å². The van der Waals surface area contributed by atoms with Crippen molar-refractivity contribution in [1.82, 2.24) is 9.97 Å². The molecule has 4 nitrogen and oxygen atoms in total. The summed E-state index contributed by atoms with van der Waals surface area (Å²) in [7, 11) is 0. The fourth-order valence-corrected chi connectivity index (χ4v) is 4.26. The first kappa shape index (κ1) is 23.1. The second-order valence-electron chi connectivity index (χ2n) is 9.60. The molecule has 3 aromatic rings. The second-order valence-corrected chi connectivity index (χ2v) is 9.60. The lowest BCUT2D eigenvalue weighted by Crippen LogP contribution is -2.13. The van der Waals surface area contributed by atoms with Gasteiger partial charge in [-0.1, -0.05) is 63.9 Å². The van der Waals surface area contributed by atoms with Gasteiger partial charge in [-0.3, -0.25) is 0 Å². The molecule has 4 rings (SSSR count). The van der Waals surface area contributed by atoms with E-state index in [1.54, 1.807) is 0 Å².